The SMILES string of the molecule is CCCC(NC=O)C(=O)N1CCCC1Cc1c(-c2nc3cc(F)ccc3n2CC2CCCN2C(=O)C(NC(=O)CNC)C(C)C)[nH]c2cc(F)ccc12. The minimum absolute atomic E-state index is 0.0966. The van der Waals surface area contributed by atoms with Gasteiger partial charge in [0.1, 0.15) is 23.7 Å². The Morgan fingerprint density at radius 1 is 1.00 bits per heavy atom. The van der Waals surface area contributed by atoms with E-state index in [1.54, 1.807) is 19.2 Å². The fourth-order valence-corrected chi connectivity index (χ4v) is 8.14. The summed E-state index contributed by atoms with van der Waals surface area (Å²) in [6.45, 7) is 7.33. The second kappa shape index (κ2) is 16.4. The molecule has 0 aliphatic carbocycles. The molecule has 2 aliphatic heterocycles. The molecule has 14 heteroatoms. The molecule has 2 saturated heterocycles. The lowest BCUT2D eigenvalue weighted by molar-refractivity contribution is -0.138. The summed E-state index contributed by atoms with van der Waals surface area (Å²) in [4.78, 5) is 63.8. The fraction of sp³-hybridized carbons (Fsp3) is 0.513. The van der Waals surface area contributed by atoms with Crippen LogP contribution in [-0.4, -0.2) is 99.3 Å². The summed E-state index contributed by atoms with van der Waals surface area (Å²) < 4.78 is 31.4. The number of halogens is 2. The number of nitrogens with zero attached hydrogens (tertiary/aromatic N) is 4. The molecule has 4 aromatic rings. The van der Waals surface area contributed by atoms with Crippen LogP contribution in [0, 0.1) is 17.6 Å². The number of amides is 4. The molecule has 2 aliphatic rings. The van der Waals surface area contributed by atoms with Gasteiger partial charge in [-0.05, 0) is 87.4 Å². The van der Waals surface area contributed by atoms with E-state index in [-0.39, 0.29) is 42.3 Å². The van der Waals surface area contributed by atoms with Gasteiger partial charge in [0.15, 0.2) is 5.82 Å². The highest BCUT2D eigenvalue weighted by molar-refractivity contribution is 5.92. The van der Waals surface area contributed by atoms with Gasteiger partial charge in [-0.3, -0.25) is 19.2 Å². The Bertz CT molecular complexity index is 1980. The summed E-state index contributed by atoms with van der Waals surface area (Å²) in [5, 5.41) is 9.22. The van der Waals surface area contributed by atoms with Crippen molar-refractivity contribution in [2.75, 3.05) is 26.7 Å². The van der Waals surface area contributed by atoms with E-state index in [9.17, 15) is 28.0 Å². The van der Waals surface area contributed by atoms with E-state index in [0.29, 0.717) is 67.0 Å². The van der Waals surface area contributed by atoms with E-state index in [1.807, 2.05) is 35.1 Å². The van der Waals surface area contributed by atoms with Crippen LogP contribution in [0.15, 0.2) is 36.4 Å². The summed E-state index contributed by atoms with van der Waals surface area (Å²) in [7, 11) is 1.68. The largest absolute Gasteiger partial charge is 0.352 e. The van der Waals surface area contributed by atoms with Crippen molar-refractivity contribution in [2.45, 2.75) is 96.4 Å². The van der Waals surface area contributed by atoms with E-state index < -0.39 is 23.7 Å². The molecule has 4 atom stereocenters. The first-order valence-corrected chi connectivity index (χ1v) is 18.7. The van der Waals surface area contributed by atoms with Crippen molar-refractivity contribution >= 4 is 46.1 Å². The van der Waals surface area contributed by atoms with Crippen molar-refractivity contribution in [2.24, 2.45) is 5.92 Å². The molecule has 2 fully saturated rings. The molecule has 53 heavy (non-hydrogen) atoms. The lowest BCUT2D eigenvalue weighted by Gasteiger charge is -2.31. The molecule has 0 bridgehead atoms. The summed E-state index contributed by atoms with van der Waals surface area (Å²) in [6, 6.07) is 7.30. The van der Waals surface area contributed by atoms with Gasteiger partial charge in [0.05, 0.1) is 23.3 Å². The van der Waals surface area contributed by atoms with Crippen molar-refractivity contribution in [3.63, 3.8) is 0 Å². The number of likely N-dealkylation sites (N-methyl/N-ethyl adjacent to an activating group) is 1. The van der Waals surface area contributed by atoms with Crippen LogP contribution in [0.25, 0.3) is 33.5 Å². The summed E-state index contributed by atoms with van der Waals surface area (Å²) in [6.07, 6.45) is 5.34. The Labute approximate surface area is 308 Å². The molecule has 284 valence electrons. The van der Waals surface area contributed by atoms with E-state index in [2.05, 4.69) is 20.9 Å². The first-order chi connectivity index (χ1) is 25.5. The van der Waals surface area contributed by atoms with Crippen LogP contribution in [0.4, 0.5) is 8.78 Å². The van der Waals surface area contributed by atoms with Gasteiger partial charge in [0.25, 0.3) is 0 Å². The molecule has 0 radical (unpaired) electrons. The highest BCUT2D eigenvalue weighted by Crippen LogP contribution is 2.37. The van der Waals surface area contributed by atoms with Crippen LogP contribution in [0.5, 0.6) is 0 Å². The molecule has 4 N–H and O–H groups in total. The molecular formula is C39H50F2N8O4. The quantitative estimate of drug-likeness (QED) is 0.135. The lowest BCUT2D eigenvalue weighted by Crippen LogP contribution is -2.54. The summed E-state index contributed by atoms with van der Waals surface area (Å²) in [5.41, 5.74) is 3.17. The Hall–Kier alpha value is -4.85. The number of hydrogen-bond donors (Lipinski definition) is 4. The Kier molecular flexibility index (Phi) is 11.8. The minimum Gasteiger partial charge on any atom is -0.352 e. The Morgan fingerprint density at radius 2 is 1.70 bits per heavy atom. The van der Waals surface area contributed by atoms with Crippen LogP contribution in [-0.2, 0) is 32.1 Å². The number of H-pyrrole nitrogens is 1. The number of aromatic nitrogens is 3. The predicted molar refractivity (Wildman–Crippen MR) is 199 cm³/mol. The second-order valence-electron chi connectivity index (χ2n) is 14.7. The van der Waals surface area contributed by atoms with Crippen molar-refractivity contribution < 1.29 is 28.0 Å². The number of fused-ring (bicyclic) bond motifs is 2. The molecule has 12 nitrogen and oxygen atoms in total. The maximum Gasteiger partial charge on any atom is 0.245 e. The smallest absolute Gasteiger partial charge is 0.245 e. The van der Waals surface area contributed by atoms with Crippen LogP contribution >= 0.6 is 0 Å². The van der Waals surface area contributed by atoms with Crippen molar-refractivity contribution in [1.82, 2.24) is 40.3 Å². The molecule has 6 rings (SSSR count). The molecule has 0 spiro atoms. The molecule has 4 amide bonds. The van der Waals surface area contributed by atoms with E-state index in [0.717, 1.165) is 43.1 Å². The van der Waals surface area contributed by atoms with Gasteiger partial charge in [-0.15, -0.1) is 0 Å². The van der Waals surface area contributed by atoms with Crippen molar-refractivity contribution in [3.05, 3.63) is 53.6 Å². The maximum atomic E-state index is 14.7. The average Bonchev–Trinajstić information content (AvgIpc) is 3.93. The van der Waals surface area contributed by atoms with Gasteiger partial charge < -0.3 is 35.3 Å². The van der Waals surface area contributed by atoms with Gasteiger partial charge in [0.2, 0.25) is 24.1 Å². The summed E-state index contributed by atoms with van der Waals surface area (Å²) >= 11 is 0. The van der Waals surface area contributed by atoms with Crippen LogP contribution < -0.4 is 16.0 Å². The predicted octanol–water partition coefficient (Wildman–Crippen LogP) is 4.26. The number of rotatable bonds is 15. The number of nitrogens with one attached hydrogen (secondary N) is 4. The number of likely N-dealkylation sites (tertiary alicyclic amines) is 2. The normalized spacial score (nSPS) is 18.6. The van der Waals surface area contributed by atoms with Crippen molar-refractivity contribution in [3.8, 4) is 11.5 Å². The van der Waals surface area contributed by atoms with E-state index in [1.165, 1.54) is 24.3 Å². The van der Waals surface area contributed by atoms with E-state index >= 15 is 0 Å². The number of benzene rings is 2. The first-order valence-electron chi connectivity index (χ1n) is 18.7. The summed E-state index contributed by atoms with van der Waals surface area (Å²) in [5.74, 6) is -0.998. The van der Waals surface area contributed by atoms with Gasteiger partial charge in [-0.1, -0.05) is 27.2 Å². The minimum atomic E-state index is -0.699. The van der Waals surface area contributed by atoms with Crippen LogP contribution in [0.2, 0.25) is 0 Å². The number of aromatic amines is 1. The highest BCUT2D eigenvalue weighted by atomic mass is 19.1. The number of imidazole rings is 1. The molecular weight excluding hydrogens is 682 g/mol. The van der Waals surface area contributed by atoms with Gasteiger partial charge in [-0.2, -0.15) is 0 Å². The van der Waals surface area contributed by atoms with Gasteiger partial charge >= 0.3 is 0 Å². The van der Waals surface area contributed by atoms with Crippen molar-refractivity contribution in [1.29, 1.82) is 0 Å². The van der Waals surface area contributed by atoms with Gasteiger partial charge in [-0.25, -0.2) is 13.8 Å². The van der Waals surface area contributed by atoms with Crippen LogP contribution in [0.1, 0.15) is 64.9 Å². The molecule has 4 heterocycles. The topological polar surface area (TPSA) is 144 Å². The molecule has 2 aromatic carbocycles. The number of carbonyl (C=O) groups excluding carboxylic acids is 4. The highest BCUT2D eigenvalue weighted by Gasteiger charge is 2.37. The molecule has 2 aromatic heterocycles. The fourth-order valence-electron chi connectivity index (χ4n) is 8.14. The Morgan fingerprint density at radius 3 is 2.40 bits per heavy atom. The zero-order valence-corrected chi connectivity index (χ0v) is 30.9. The standard InChI is InChI=1S/C39H50F2N8O4/c1-5-8-30(43-22-50)38(52)47-15-6-9-26(47)19-29-28-13-11-24(40)17-31(28)44-36(29)37-45-32-18-25(41)12-14-33(32)49(37)21-27-10-7-16-48(27)39(53)35(23(2)3)46-34(51)20-42-4/h11-14,17-18,22-23,26-27,30,35,42,44H,5-10,15-16,19-21H2,1-4H3,(H,43,50)(H,46,51). The zero-order valence-electron chi connectivity index (χ0n) is 30.9. The molecule has 0 saturated carbocycles. The lowest BCUT2D eigenvalue weighted by atomic mass is 9.99. The first kappa shape index (κ1) is 37.9. The molecule has 4 unspecified atom stereocenters. The monoisotopic (exact) mass is 732 g/mol. The van der Waals surface area contributed by atoms with E-state index in [4.69, 9.17) is 4.98 Å². The maximum absolute atomic E-state index is 14.7. The van der Waals surface area contributed by atoms with Gasteiger partial charge in [0, 0.05) is 48.7 Å². The number of carbonyl (C=O) groups is 4. The second-order valence-corrected chi connectivity index (χ2v) is 14.7. The van der Waals surface area contributed by atoms with Crippen LogP contribution in [0.3, 0.4) is 0 Å². The third-order valence-corrected chi connectivity index (χ3v) is 10.7. The average molecular weight is 733 g/mol. The third-order valence-electron chi connectivity index (χ3n) is 10.7. The zero-order chi connectivity index (χ0) is 37.8. The number of hydrogen-bond acceptors (Lipinski definition) is 6. The Balaban J connectivity index is 1.40. The third kappa shape index (κ3) is 7.92.